The fraction of sp³-hybridized carbons (Fsp3) is 0.250. The van der Waals surface area contributed by atoms with Gasteiger partial charge in [-0.25, -0.2) is 0 Å². The Morgan fingerprint density at radius 3 is 3.00 bits per heavy atom. The Hall–Kier alpha value is -1.23. The summed E-state index contributed by atoms with van der Waals surface area (Å²) in [7, 11) is 0. The molecule has 0 aliphatic rings. The quantitative estimate of drug-likeness (QED) is 0.540. The summed E-state index contributed by atoms with van der Waals surface area (Å²) >= 11 is 0. The SMILES string of the molecule is C=C(CN)c1nn[nH]n1. The van der Waals surface area contributed by atoms with Gasteiger partial charge < -0.3 is 5.73 Å². The number of hydrogen-bond donors (Lipinski definition) is 2. The van der Waals surface area contributed by atoms with Crippen molar-refractivity contribution in [1.29, 1.82) is 0 Å². The van der Waals surface area contributed by atoms with E-state index in [4.69, 9.17) is 5.73 Å². The van der Waals surface area contributed by atoms with Gasteiger partial charge in [0, 0.05) is 12.1 Å². The topological polar surface area (TPSA) is 80.5 Å². The monoisotopic (exact) mass is 125 g/mol. The first-order valence-corrected chi connectivity index (χ1v) is 2.46. The van der Waals surface area contributed by atoms with E-state index in [1.807, 2.05) is 0 Å². The van der Waals surface area contributed by atoms with Gasteiger partial charge in [0.25, 0.3) is 0 Å². The van der Waals surface area contributed by atoms with E-state index in [0.717, 1.165) is 0 Å². The van der Waals surface area contributed by atoms with Crippen molar-refractivity contribution in [3.8, 4) is 0 Å². The average Bonchev–Trinajstić information content (AvgIpc) is 2.37. The minimum absolute atomic E-state index is 0.361. The molecule has 48 valence electrons. The van der Waals surface area contributed by atoms with Crippen LogP contribution >= 0.6 is 0 Å². The number of hydrogen-bond acceptors (Lipinski definition) is 4. The molecule has 0 bridgehead atoms. The van der Waals surface area contributed by atoms with Crippen LogP contribution in [0.15, 0.2) is 6.58 Å². The first kappa shape index (κ1) is 5.90. The molecule has 0 saturated heterocycles. The molecule has 5 nitrogen and oxygen atoms in total. The van der Waals surface area contributed by atoms with Crippen molar-refractivity contribution in [2.45, 2.75) is 0 Å². The third-order valence-electron chi connectivity index (χ3n) is 0.908. The second-order valence-corrected chi connectivity index (χ2v) is 1.54. The molecule has 1 rings (SSSR count). The molecular formula is C4H7N5. The third-order valence-corrected chi connectivity index (χ3v) is 0.908. The molecule has 0 radical (unpaired) electrons. The lowest BCUT2D eigenvalue weighted by Crippen LogP contribution is -2.02. The fourth-order valence-corrected chi connectivity index (χ4v) is 0.403. The maximum Gasteiger partial charge on any atom is 0.201 e. The summed E-state index contributed by atoms with van der Waals surface area (Å²) in [5, 5.41) is 13.0. The van der Waals surface area contributed by atoms with Crippen molar-refractivity contribution >= 4 is 5.57 Å². The summed E-state index contributed by atoms with van der Waals surface area (Å²) in [4.78, 5) is 0. The second-order valence-electron chi connectivity index (χ2n) is 1.54. The third kappa shape index (κ3) is 1.11. The van der Waals surface area contributed by atoms with Gasteiger partial charge in [-0.3, -0.25) is 0 Å². The van der Waals surface area contributed by atoms with Crippen LogP contribution < -0.4 is 5.73 Å². The Labute approximate surface area is 51.9 Å². The highest BCUT2D eigenvalue weighted by Gasteiger charge is 1.98. The van der Waals surface area contributed by atoms with E-state index in [0.29, 0.717) is 17.9 Å². The number of rotatable bonds is 2. The van der Waals surface area contributed by atoms with Crippen LogP contribution in [-0.2, 0) is 0 Å². The average molecular weight is 125 g/mol. The van der Waals surface area contributed by atoms with Crippen LogP contribution in [0.5, 0.6) is 0 Å². The second kappa shape index (κ2) is 2.36. The molecule has 1 aromatic rings. The van der Waals surface area contributed by atoms with Gasteiger partial charge in [0.15, 0.2) is 0 Å². The molecule has 0 unspecified atom stereocenters. The summed E-state index contributed by atoms with van der Waals surface area (Å²) in [6.45, 7) is 3.97. The minimum Gasteiger partial charge on any atom is -0.326 e. The number of H-pyrrole nitrogens is 1. The van der Waals surface area contributed by atoms with Gasteiger partial charge in [0.1, 0.15) is 0 Å². The number of aromatic nitrogens is 4. The molecule has 0 fully saturated rings. The zero-order chi connectivity index (χ0) is 6.69. The summed E-state index contributed by atoms with van der Waals surface area (Å²) in [6, 6.07) is 0. The van der Waals surface area contributed by atoms with Crippen LogP contribution in [-0.4, -0.2) is 27.2 Å². The zero-order valence-corrected chi connectivity index (χ0v) is 4.83. The molecule has 9 heavy (non-hydrogen) atoms. The molecule has 5 heteroatoms. The highest BCUT2D eigenvalue weighted by Crippen LogP contribution is 1.98. The van der Waals surface area contributed by atoms with Crippen molar-refractivity contribution in [2.24, 2.45) is 5.73 Å². The van der Waals surface area contributed by atoms with Crippen LogP contribution in [0.2, 0.25) is 0 Å². The molecule has 0 spiro atoms. The van der Waals surface area contributed by atoms with Crippen molar-refractivity contribution < 1.29 is 0 Å². The van der Waals surface area contributed by atoms with E-state index in [1.54, 1.807) is 0 Å². The van der Waals surface area contributed by atoms with Crippen molar-refractivity contribution in [1.82, 2.24) is 20.6 Å². The van der Waals surface area contributed by atoms with E-state index >= 15 is 0 Å². The van der Waals surface area contributed by atoms with Gasteiger partial charge in [-0.15, -0.1) is 10.2 Å². The summed E-state index contributed by atoms with van der Waals surface area (Å²) in [5.41, 5.74) is 5.93. The van der Waals surface area contributed by atoms with E-state index in [1.165, 1.54) is 0 Å². The molecular weight excluding hydrogens is 118 g/mol. The number of nitrogens with zero attached hydrogens (tertiary/aromatic N) is 3. The largest absolute Gasteiger partial charge is 0.326 e. The first-order chi connectivity index (χ1) is 4.34. The summed E-state index contributed by atoms with van der Waals surface area (Å²) in [6.07, 6.45) is 0. The van der Waals surface area contributed by atoms with Crippen LogP contribution in [0.25, 0.3) is 5.57 Å². The molecule has 1 heterocycles. The number of tetrazole rings is 1. The Bertz CT molecular complexity index is 189. The van der Waals surface area contributed by atoms with E-state index in [2.05, 4.69) is 27.2 Å². The lowest BCUT2D eigenvalue weighted by atomic mass is 10.3. The molecule has 0 saturated carbocycles. The molecule has 0 aliphatic carbocycles. The predicted molar refractivity (Wildman–Crippen MR) is 32.3 cm³/mol. The fourth-order valence-electron chi connectivity index (χ4n) is 0.403. The van der Waals surface area contributed by atoms with Crippen LogP contribution in [0.3, 0.4) is 0 Å². The van der Waals surface area contributed by atoms with Crippen molar-refractivity contribution in [3.63, 3.8) is 0 Å². The Morgan fingerprint density at radius 1 is 1.78 bits per heavy atom. The first-order valence-electron chi connectivity index (χ1n) is 2.46. The zero-order valence-electron chi connectivity index (χ0n) is 4.83. The van der Waals surface area contributed by atoms with Gasteiger partial charge >= 0.3 is 0 Å². The normalized spacial score (nSPS) is 9.44. The van der Waals surface area contributed by atoms with Crippen LogP contribution in [0.4, 0.5) is 0 Å². The van der Waals surface area contributed by atoms with Crippen molar-refractivity contribution in [2.75, 3.05) is 6.54 Å². The van der Waals surface area contributed by atoms with E-state index < -0.39 is 0 Å². The van der Waals surface area contributed by atoms with Crippen LogP contribution in [0.1, 0.15) is 5.82 Å². The van der Waals surface area contributed by atoms with E-state index in [-0.39, 0.29) is 0 Å². The summed E-state index contributed by atoms with van der Waals surface area (Å²) in [5.74, 6) is 0.484. The Morgan fingerprint density at radius 2 is 2.56 bits per heavy atom. The smallest absolute Gasteiger partial charge is 0.201 e. The number of nitrogens with one attached hydrogen (secondary N) is 1. The number of nitrogens with two attached hydrogens (primary N) is 1. The molecule has 1 aromatic heterocycles. The standard InChI is InChI=1S/C4H7N5/c1-3(2-5)4-6-8-9-7-4/h1-2,5H2,(H,6,7,8,9). The predicted octanol–water partition coefficient (Wildman–Crippen LogP) is -0.828. The molecule has 3 N–H and O–H groups in total. The van der Waals surface area contributed by atoms with Crippen molar-refractivity contribution in [3.05, 3.63) is 12.4 Å². The molecule has 0 amide bonds. The number of aromatic amines is 1. The van der Waals surface area contributed by atoms with E-state index in [9.17, 15) is 0 Å². The molecule has 0 atom stereocenters. The van der Waals surface area contributed by atoms with Gasteiger partial charge in [-0.2, -0.15) is 5.21 Å². The Balaban J connectivity index is 2.77. The molecule has 0 aromatic carbocycles. The van der Waals surface area contributed by atoms with Gasteiger partial charge in [-0.05, 0) is 5.21 Å². The minimum atomic E-state index is 0.361. The van der Waals surface area contributed by atoms with Gasteiger partial charge in [0.2, 0.25) is 5.82 Å². The highest BCUT2D eigenvalue weighted by atomic mass is 15.5. The molecule has 0 aliphatic heterocycles. The highest BCUT2D eigenvalue weighted by molar-refractivity contribution is 5.57. The maximum atomic E-state index is 5.24. The van der Waals surface area contributed by atoms with Gasteiger partial charge in [0.05, 0.1) is 0 Å². The lowest BCUT2D eigenvalue weighted by Gasteiger charge is -1.89. The summed E-state index contributed by atoms with van der Waals surface area (Å²) < 4.78 is 0. The Kier molecular flexibility index (Phi) is 1.55. The van der Waals surface area contributed by atoms with Crippen LogP contribution in [0, 0.1) is 0 Å². The van der Waals surface area contributed by atoms with Gasteiger partial charge in [-0.1, -0.05) is 6.58 Å². The lowest BCUT2D eigenvalue weighted by molar-refractivity contribution is 0.881. The maximum absolute atomic E-state index is 5.24.